The second-order valence-electron chi connectivity index (χ2n) is 7.34. The summed E-state index contributed by atoms with van der Waals surface area (Å²) in [6.07, 6.45) is 11.0. The second kappa shape index (κ2) is 9.54. The van der Waals surface area contributed by atoms with Gasteiger partial charge in [0.05, 0.1) is 12.4 Å². The van der Waals surface area contributed by atoms with Gasteiger partial charge in [-0.15, -0.1) is 0 Å². The molecule has 0 amide bonds. The van der Waals surface area contributed by atoms with Gasteiger partial charge in [-0.2, -0.15) is 10.2 Å². The lowest BCUT2D eigenvalue weighted by Crippen LogP contribution is -2.13. The third-order valence-corrected chi connectivity index (χ3v) is 5.38. The van der Waals surface area contributed by atoms with Crippen molar-refractivity contribution in [3.8, 4) is 0 Å². The number of hydrogen-bond donors (Lipinski definition) is 0. The molecular formula is C23H26F2N2. The number of hydrogen-bond acceptors (Lipinski definition) is 2. The van der Waals surface area contributed by atoms with Crippen LogP contribution in [-0.4, -0.2) is 12.4 Å². The topological polar surface area (TPSA) is 24.7 Å². The highest BCUT2D eigenvalue weighted by atomic mass is 19.2. The fraction of sp³-hybridized carbons (Fsp3) is 0.391. The van der Waals surface area contributed by atoms with Crippen LogP contribution < -0.4 is 0 Å². The van der Waals surface area contributed by atoms with E-state index < -0.39 is 11.6 Å². The molecule has 1 saturated carbocycles. The van der Waals surface area contributed by atoms with Crippen LogP contribution in [0.25, 0.3) is 0 Å². The number of rotatable bonds is 6. The Hall–Kier alpha value is -2.36. The van der Waals surface area contributed by atoms with E-state index in [0.29, 0.717) is 11.5 Å². The van der Waals surface area contributed by atoms with Gasteiger partial charge >= 0.3 is 0 Å². The number of benzene rings is 2. The van der Waals surface area contributed by atoms with Gasteiger partial charge in [0.15, 0.2) is 11.6 Å². The van der Waals surface area contributed by atoms with Crippen molar-refractivity contribution in [3.63, 3.8) is 0 Å². The maximum atomic E-state index is 13.1. The standard InChI is InChI=1S/C23H26F2N2/c1-2-3-17-4-9-20(10-5-17)21-11-6-18(7-12-21)15-26-27-16-19-8-13-22(24)23(25)14-19/h6-8,11-17,20H,2-5,9-10H2,1H3/t17-,20-. The zero-order chi connectivity index (χ0) is 19.1. The van der Waals surface area contributed by atoms with Crippen molar-refractivity contribution in [2.45, 2.75) is 51.4 Å². The summed E-state index contributed by atoms with van der Waals surface area (Å²) in [5.74, 6) is -0.155. The highest BCUT2D eigenvalue weighted by Crippen LogP contribution is 2.37. The minimum absolute atomic E-state index is 0.472. The average molecular weight is 368 g/mol. The van der Waals surface area contributed by atoms with Gasteiger partial charge in [-0.05, 0) is 66.3 Å². The number of halogens is 2. The monoisotopic (exact) mass is 368 g/mol. The molecule has 0 radical (unpaired) electrons. The van der Waals surface area contributed by atoms with Gasteiger partial charge in [-0.25, -0.2) is 8.78 Å². The van der Waals surface area contributed by atoms with Crippen LogP contribution in [0.2, 0.25) is 0 Å². The minimum Gasteiger partial charge on any atom is -0.204 e. The lowest BCUT2D eigenvalue weighted by molar-refractivity contribution is 0.308. The molecule has 0 spiro atoms. The van der Waals surface area contributed by atoms with E-state index in [1.807, 2.05) is 0 Å². The molecule has 0 heterocycles. The van der Waals surface area contributed by atoms with E-state index in [1.54, 1.807) is 6.21 Å². The normalized spacial score (nSPS) is 20.6. The van der Waals surface area contributed by atoms with Crippen molar-refractivity contribution in [2.75, 3.05) is 0 Å². The molecule has 1 fully saturated rings. The summed E-state index contributed by atoms with van der Waals surface area (Å²) in [7, 11) is 0. The fourth-order valence-electron chi connectivity index (χ4n) is 3.84. The Morgan fingerprint density at radius 1 is 0.852 bits per heavy atom. The van der Waals surface area contributed by atoms with Gasteiger partial charge < -0.3 is 0 Å². The molecule has 3 rings (SSSR count). The fourth-order valence-corrected chi connectivity index (χ4v) is 3.84. The van der Waals surface area contributed by atoms with Crippen molar-refractivity contribution in [3.05, 3.63) is 70.8 Å². The Morgan fingerprint density at radius 2 is 1.48 bits per heavy atom. The molecular weight excluding hydrogens is 342 g/mol. The van der Waals surface area contributed by atoms with E-state index in [0.717, 1.165) is 23.6 Å². The predicted octanol–water partition coefficient (Wildman–Crippen LogP) is 6.49. The summed E-state index contributed by atoms with van der Waals surface area (Å²) in [4.78, 5) is 0. The molecule has 4 heteroatoms. The Kier molecular flexibility index (Phi) is 6.86. The van der Waals surface area contributed by atoms with Crippen molar-refractivity contribution >= 4 is 12.4 Å². The molecule has 1 aliphatic carbocycles. The van der Waals surface area contributed by atoms with Gasteiger partial charge in [0.25, 0.3) is 0 Å². The van der Waals surface area contributed by atoms with Crippen LogP contribution in [0.4, 0.5) is 8.78 Å². The van der Waals surface area contributed by atoms with Crippen LogP contribution >= 0.6 is 0 Å². The first-order chi connectivity index (χ1) is 13.2. The molecule has 0 N–H and O–H groups in total. The van der Waals surface area contributed by atoms with Crippen molar-refractivity contribution < 1.29 is 8.78 Å². The van der Waals surface area contributed by atoms with Crippen molar-refractivity contribution in [1.29, 1.82) is 0 Å². The molecule has 142 valence electrons. The van der Waals surface area contributed by atoms with Crippen LogP contribution in [0.15, 0.2) is 52.7 Å². The quantitative estimate of drug-likeness (QED) is 0.411. The van der Waals surface area contributed by atoms with E-state index in [2.05, 4.69) is 41.4 Å². The van der Waals surface area contributed by atoms with E-state index in [4.69, 9.17) is 0 Å². The highest BCUT2D eigenvalue weighted by molar-refractivity contribution is 5.82. The number of nitrogens with zero attached hydrogens (tertiary/aromatic N) is 2. The molecule has 27 heavy (non-hydrogen) atoms. The average Bonchev–Trinajstić information content (AvgIpc) is 2.69. The molecule has 2 nitrogen and oxygen atoms in total. The van der Waals surface area contributed by atoms with Gasteiger partial charge in [-0.1, -0.05) is 50.1 Å². The van der Waals surface area contributed by atoms with E-state index >= 15 is 0 Å². The molecule has 0 saturated heterocycles. The van der Waals surface area contributed by atoms with Crippen molar-refractivity contribution in [1.82, 2.24) is 0 Å². The van der Waals surface area contributed by atoms with Crippen LogP contribution in [0.1, 0.15) is 68.1 Å². The van der Waals surface area contributed by atoms with E-state index in [1.165, 1.54) is 56.4 Å². The summed E-state index contributed by atoms with van der Waals surface area (Å²) < 4.78 is 26.0. The summed E-state index contributed by atoms with van der Waals surface area (Å²) in [5.41, 5.74) is 2.85. The molecule has 0 aromatic heterocycles. The second-order valence-corrected chi connectivity index (χ2v) is 7.34. The molecule has 2 aromatic rings. The first-order valence-electron chi connectivity index (χ1n) is 9.77. The van der Waals surface area contributed by atoms with Crippen LogP contribution in [0.3, 0.4) is 0 Å². The third kappa shape index (κ3) is 5.56. The van der Waals surface area contributed by atoms with Gasteiger partial charge in [0.1, 0.15) is 0 Å². The van der Waals surface area contributed by atoms with Crippen molar-refractivity contribution in [2.24, 2.45) is 16.1 Å². The Morgan fingerprint density at radius 3 is 2.11 bits per heavy atom. The maximum absolute atomic E-state index is 13.1. The smallest absolute Gasteiger partial charge is 0.159 e. The highest BCUT2D eigenvalue weighted by Gasteiger charge is 2.21. The van der Waals surface area contributed by atoms with E-state index in [9.17, 15) is 8.78 Å². The Balaban J connectivity index is 1.53. The van der Waals surface area contributed by atoms with E-state index in [-0.39, 0.29) is 0 Å². The third-order valence-electron chi connectivity index (χ3n) is 5.38. The molecule has 0 unspecified atom stereocenters. The van der Waals surface area contributed by atoms with Crippen LogP contribution in [0, 0.1) is 17.6 Å². The van der Waals surface area contributed by atoms with Gasteiger partial charge in [0.2, 0.25) is 0 Å². The maximum Gasteiger partial charge on any atom is 0.159 e. The molecule has 2 aromatic carbocycles. The van der Waals surface area contributed by atoms with Gasteiger partial charge in [0, 0.05) is 0 Å². The lowest BCUT2D eigenvalue weighted by Gasteiger charge is -2.28. The summed E-state index contributed by atoms with van der Waals surface area (Å²) in [5, 5.41) is 7.89. The minimum atomic E-state index is -0.887. The van der Waals surface area contributed by atoms with Crippen LogP contribution in [-0.2, 0) is 0 Å². The molecule has 0 aliphatic heterocycles. The summed E-state index contributed by atoms with van der Waals surface area (Å²) in [6.45, 7) is 2.27. The summed E-state index contributed by atoms with van der Waals surface area (Å²) in [6, 6.07) is 12.1. The lowest BCUT2D eigenvalue weighted by atomic mass is 9.77. The van der Waals surface area contributed by atoms with Gasteiger partial charge in [-0.3, -0.25) is 0 Å². The first kappa shape index (κ1) is 19.4. The van der Waals surface area contributed by atoms with Crippen LogP contribution in [0.5, 0.6) is 0 Å². The molecule has 1 aliphatic rings. The zero-order valence-corrected chi connectivity index (χ0v) is 15.7. The molecule has 0 bridgehead atoms. The first-order valence-corrected chi connectivity index (χ1v) is 9.77. The Bertz CT molecular complexity index is 789. The SMILES string of the molecule is CCC[C@H]1CC[C@H](c2ccc(C=NN=Cc3ccc(F)c(F)c3)cc2)CC1. The Labute approximate surface area is 160 Å². The largest absolute Gasteiger partial charge is 0.204 e. The summed E-state index contributed by atoms with van der Waals surface area (Å²) >= 11 is 0. The zero-order valence-electron chi connectivity index (χ0n) is 15.7. The predicted molar refractivity (Wildman–Crippen MR) is 108 cm³/mol. The molecule has 0 atom stereocenters.